The van der Waals surface area contributed by atoms with Crippen molar-refractivity contribution in [2.24, 2.45) is 5.11 Å². The van der Waals surface area contributed by atoms with Gasteiger partial charge in [-0.2, -0.15) is 0 Å². The Balaban J connectivity index is 3.12. The summed E-state index contributed by atoms with van der Waals surface area (Å²) in [6.45, 7) is 3.42. The zero-order chi connectivity index (χ0) is 19.4. The second-order valence-electron chi connectivity index (χ2n) is 4.44. The van der Waals surface area contributed by atoms with E-state index in [1.807, 2.05) is 4.91 Å². The van der Waals surface area contributed by atoms with Crippen molar-refractivity contribution in [2.45, 2.75) is 11.8 Å². The molecule has 0 saturated heterocycles. The van der Waals surface area contributed by atoms with Crippen LogP contribution in [0.5, 0.6) is 0 Å². The van der Waals surface area contributed by atoms with Crippen molar-refractivity contribution in [2.75, 3.05) is 13.2 Å². The number of azide groups is 1. The second-order valence-corrected chi connectivity index (χ2v) is 6.14. The van der Waals surface area contributed by atoms with Gasteiger partial charge in [-0.25, -0.2) is 35.5 Å². The summed E-state index contributed by atoms with van der Waals surface area (Å²) in [5, 5.41) is 2.43. The molecule has 8 nitrogen and oxygen atoms in total. The van der Waals surface area contributed by atoms with Crippen LogP contribution in [-0.2, 0) is 19.6 Å². The number of carbonyl (C=O) groups is 1. The maximum atomic E-state index is 13.8. The van der Waals surface area contributed by atoms with Gasteiger partial charge in [0.2, 0.25) is 10.0 Å². The van der Waals surface area contributed by atoms with Gasteiger partial charge in [0.25, 0.3) is 0 Å². The number of nitrogens with one attached hydrogen (secondary N) is 1. The van der Waals surface area contributed by atoms with Crippen molar-refractivity contribution < 1.29 is 35.5 Å². The Hall–Kier alpha value is -2.63. The van der Waals surface area contributed by atoms with E-state index in [-0.39, 0.29) is 5.57 Å². The van der Waals surface area contributed by atoms with Crippen molar-refractivity contribution in [3.8, 4) is 0 Å². The Morgan fingerprint density at radius 2 is 1.76 bits per heavy atom. The molecule has 1 aromatic carbocycles. The smallest absolute Gasteiger partial charge is 0.333 e. The molecule has 0 saturated carbocycles. The highest BCUT2D eigenvalue weighted by Gasteiger charge is 2.32. The van der Waals surface area contributed by atoms with Crippen molar-refractivity contribution in [3.05, 3.63) is 45.9 Å². The van der Waals surface area contributed by atoms with Gasteiger partial charge in [0.1, 0.15) is 12.3 Å². The number of carbonyl (C=O) groups excluding carboxylic acids is 1. The number of rotatable bonds is 7. The number of ether oxygens (including phenoxy) is 1. The van der Waals surface area contributed by atoms with Gasteiger partial charge < -0.3 is 4.74 Å². The zero-order valence-corrected chi connectivity index (χ0v) is 13.3. The summed E-state index contributed by atoms with van der Waals surface area (Å²) in [7, 11) is -5.05. The Morgan fingerprint density at radius 1 is 1.24 bits per heavy atom. The van der Waals surface area contributed by atoms with Crippen LogP contribution in [0, 0.1) is 23.3 Å². The SMILES string of the molecule is C=C(C)C(=O)OCCNS(=O)(=O)c1c(F)c(F)c(N=[N+]=[N-])c(F)c1F. The highest BCUT2D eigenvalue weighted by molar-refractivity contribution is 7.89. The molecule has 0 atom stereocenters. The molecule has 0 aliphatic carbocycles. The van der Waals surface area contributed by atoms with E-state index < -0.39 is 63.0 Å². The molecule has 25 heavy (non-hydrogen) atoms. The lowest BCUT2D eigenvalue weighted by molar-refractivity contribution is -0.138. The lowest BCUT2D eigenvalue weighted by Gasteiger charge is -2.11. The first-order chi connectivity index (χ1) is 11.5. The van der Waals surface area contributed by atoms with E-state index in [0.29, 0.717) is 0 Å². The van der Waals surface area contributed by atoms with Gasteiger partial charge in [-0.05, 0) is 12.5 Å². The topological polar surface area (TPSA) is 121 Å². The maximum absolute atomic E-state index is 13.8. The van der Waals surface area contributed by atoms with Crippen LogP contribution >= 0.6 is 0 Å². The third-order valence-corrected chi connectivity index (χ3v) is 4.07. The van der Waals surface area contributed by atoms with Gasteiger partial charge in [0.05, 0.1) is 0 Å². The molecule has 0 spiro atoms. The van der Waals surface area contributed by atoms with E-state index in [4.69, 9.17) is 5.53 Å². The van der Waals surface area contributed by atoms with Crippen molar-refractivity contribution in [1.29, 1.82) is 0 Å². The number of esters is 1. The number of halogens is 4. The van der Waals surface area contributed by atoms with Crippen molar-refractivity contribution >= 4 is 21.7 Å². The average Bonchev–Trinajstić information content (AvgIpc) is 2.53. The highest BCUT2D eigenvalue weighted by Crippen LogP contribution is 2.32. The van der Waals surface area contributed by atoms with Crippen LogP contribution in [-0.4, -0.2) is 27.5 Å². The Kier molecular flexibility index (Phi) is 6.50. The Labute approximate surface area is 138 Å². The minimum absolute atomic E-state index is 0.0257. The molecule has 0 aliphatic rings. The summed E-state index contributed by atoms with van der Waals surface area (Å²) < 4.78 is 84.6. The number of hydrogen-bond acceptors (Lipinski definition) is 5. The third-order valence-electron chi connectivity index (χ3n) is 2.59. The average molecular weight is 382 g/mol. The highest BCUT2D eigenvalue weighted by atomic mass is 32.2. The molecule has 1 rings (SSSR count). The molecule has 0 radical (unpaired) electrons. The van der Waals surface area contributed by atoms with Gasteiger partial charge in [-0.15, -0.1) is 0 Å². The van der Waals surface area contributed by atoms with Crippen LogP contribution in [0.4, 0.5) is 23.2 Å². The summed E-state index contributed by atoms with van der Waals surface area (Å²) in [5.41, 5.74) is 6.49. The van der Waals surface area contributed by atoms with Crippen LogP contribution in [0.15, 0.2) is 22.2 Å². The van der Waals surface area contributed by atoms with E-state index in [2.05, 4.69) is 16.4 Å². The minimum atomic E-state index is -5.05. The van der Waals surface area contributed by atoms with E-state index in [1.54, 1.807) is 4.72 Å². The molecule has 0 aromatic heterocycles. The maximum Gasteiger partial charge on any atom is 0.333 e. The van der Waals surface area contributed by atoms with Gasteiger partial charge in [0, 0.05) is 17.0 Å². The summed E-state index contributed by atoms with van der Waals surface area (Å²) in [5.74, 6) is -9.73. The first-order valence-corrected chi connectivity index (χ1v) is 7.76. The van der Waals surface area contributed by atoms with Gasteiger partial charge in [-0.3, -0.25) is 0 Å². The summed E-state index contributed by atoms with van der Waals surface area (Å²) in [6.07, 6.45) is 0. The standard InChI is InChI=1S/C12H10F4N4O4S/c1-5(2)12(21)24-4-3-18-25(22,23)11-8(15)6(13)10(19-20-17)7(14)9(11)16/h18H,1,3-4H2,2H3. The molecule has 0 aliphatic heterocycles. The van der Waals surface area contributed by atoms with Crippen LogP contribution < -0.4 is 4.72 Å². The molecule has 0 bridgehead atoms. The lowest BCUT2D eigenvalue weighted by atomic mass is 10.2. The fourth-order valence-corrected chi connectivity index (χ4v) is 2.63. The fourth-order valence-electron chi connectivity index (χ4n) is 1.48. The summed E-state index contributed by atoms with van der Waals surface area (Å²) >= 11 is 0. The van der Waals surface area contributed by atoms with E-state index >= 15 is 0 Å². The summed E-state index contributed by atoms with van der Waals surface area (Å²) in [6, 6.07) is 0. The monoisotopic (exact) mass is 382 g/mol. The van der Waals surface area contributed by atoms with Gasteiger partial charge >= 0.3 is 5.97 Å². The summed E-state index contributed by atoms with van der Waals surface area (Å²) in [4.78, 5) is 11.1. The number of benzene rings is 1. The van der Waals surface area contributed by atoms with Crippen LogP contribution in [0.1, 0.15) is 6.92 Å². The second kappa shape index (κ2) is 7.96. The number of sulfonamides is 1. The molecule has 0 amide bonds. The largest absolute Gasteiger partial charge is 0.461 e. The Bertz CT molecular complexity index is 853. The zero-order valence-electron chi connectivity index (χ0n) is 12.5. The van der Waals surface area contributed by atoms with Crippen LogP contribution in [0.25, 0.3) is 10.4 Å². The molecule has 1 N–H and O–H groups in total. The molecule has 13 heteroatoms. The van der Waals surface area contributed by atoms with Crippen molar-refractivity contribution in [1.82, 2.24) is 4.72 Å². The number of hydrogen-bond donors (Lipinski definition) is 1. The Morgan fingerprint density at radius 3 is 2.20 bits per heavy atom. The molecule has 0 heterocycles. The molecule has 0 unspecified atom stereocenters. The molecule has 136 valence electrons. The quantitative estimate of drug-likeness (QED) is 0.114. The molecular weight excluding hydrogens is 372 g/mol. The van der Waals surface area contributed by atoms with Crippen LogP contribution in [0.3, 0.4) is 0 Å². The van der Waals surface area contributed by atoms with Crippen LogP contribution in [0.2, 0.25) is 0 Å². The first kappa shape index (κ1) is 20.4. The first-order valence-electron chi connectivity index (χ1n) is 6.28. The molecule has 0 fully saturated rings. The van der Waals surface area contributed by atoms with Crippen molar-refractivity contribution in [3.63, 3.8) is 0 Å². The molecule has 1 aromatic rings. The fraction of sp³-hybridized carbons (Fsp3) is 0.250. The third kappa shape index (κ3) is 4.47. The normalized spacial score (nSPS) is 10.9. The number of nitrogens with zero attached hydrogens (tertiary/aromatic N) is 3. The van der Waals surface area contributed by atoms with Gasteiger partial charge in [0.15, 0.2) is 28.2 Å². The van der Waals surface area contributed by atoms with E-state index in [9.17, 15) is 30.8 Å². The lowest BCUT2D eigenvalue weighted by Crippen LogP contribution is -2.30. The predicted molar refractivity (Wildman–Crippen MR) is 76.0 cm³/mol. The van der Waals surface area contributed by atoms with Gasteiger partial charge in [-0.1, -0.05) is 11.7 Å². The van der Waals surface area contributed by atoms with E-state index in [1.165, 1.54) is 6.92 Å². The molecular formula is C12H10F4N4O4S. The predicted octanol–water partition coefficient (Wildman–Crippen LogP) is 2.58. The minimum Gasteiger partial charge on any atom is -0.461 e. The van der Waals surface area contributed by atoms with E-state index in [0.717, 1.165) is 0 Å².